The topological polar surface area (TPSA) is 49.8 Å². The number of hydrogen-bond donors (Lipinski definition) is 1. The van der Waals surface area contributed by atoms with Crippen LogP contribution < -0.4 is 4.74 Å². The van der Waals surface area contributed by atoms with E-state index >= 15 is 0 Å². The van der Waals surface area contributed by atoms with E-state index in [0.717, 1.165) is 21.8 Å². The zero-order valence-corrected chi connectivity index (χ0v) is 14.4. The highest BCUT2D eigenvalue weighted by atomic mass is 79.9. The number of carbonyl (C=O) groups excluding carboxylic acids is 1. The van der Waals surface area contributed by atoms with Crippen LogP contribution in [0.25, 0.3) is 0 Å². The second-order valence-corrected chi connectivity index (χ2v) is 6.86. The van der Waals surface area contributed by atoms with Crippen LogP contribution in [0.3, 0.4) is 0 Å². The van der Waals surface area contributed by atoms with Crippen molar-refractivity contribution in [2.45, 2.75) is 25.4 Å². The molecule has 6 heteroatoms. The molecule has 1 saturated heterocycles. The molecule has 0 aromatic heterocycles. The van der Waals surface area contributed by atoms with Gasteiger partial charge in [-0.15, -0.1) is 0 Å². The zero-order chi connectivity index (χ0) is 14.8. The fourth-order valence-corrected chi connectivity index (χ4v) is 3.45. The minimum atomic E-state index is -0.692. The molecule has 0 spiro atoms. The number of nitrogens with zero attached hydrogens (tertiary/aromatic N) is 1. The van der Waals surface area contributed by atoms with Gasteiger partial charge in [0, 0.05) is 4.47 Å². The second kappa shape index (κ2) is 6.45. The summed E-state index contributed by atoms with van der Waals surface area (Å²) in [6.07, 6.45) is 1.65. The first-order valence-corrected chi connectivity index (χ1v) is 8.10. The third kappa shape index (κ3) is 3.74. The SMILES string of the molecule is CCCC1(O)CN(C(=O)COc2ccc(Br)cc2Br)C1. The first-order valence-electron chi connectivity index (χ1n) is 6.51. The van der Waals surface area contributed by atoms with Gasteiger partial charge in [-0.2, -0.15) is 0 Å². The van der Waals surface area contributed by atoms with Gasteiger partial charge in [-0.3, -0.25) is 4.79 Å². The van der Waals surface area contributed by atoms with Crippen LogP contribution in [0, 0.1) is 0 Å². The predicted octanol–water partition coefficient (Wildman–Crippen LogP) is 2.96. The molecule has 1 heterocycles. The molecule has 1 N–H and O–H groups in total. The summed E-state index contributed by atoms with van der Waals surface area (Å²) in [5, 5.41) is 10.0. The molecule has 2 rings (SSSR count). The van der Waals surface area contributed by atoms with E-state index in [1.54, 1.807) is 11.0 Å². The molecular formula is C14H17Br2NO3. The highest BCUT2D eigenvalue weighted by Crippen LogP contribution is 2.29. The molecule has 1 fully saturated rings. The van der Waals surface area contributed by atoms with Crippen LogP contribution in [0.5, 0.6) is 5.75 Å². The average molecular weight is 407 g/mol. The van der Waals surface area contributed by atoms with Gasteiger partial charge >= 0.3 is 0 Å². The number of amides is 1. The molecule has 1 aliphatic rings. The first-order chi connectivity index (χ1) is 9.43. The summed E-state index contributed by atoms with van der Waals surface area (Å²) in [7, 11) is 0. The smallest absolute Gasteiger partial charge is 0.260 e. The Balaban J connectivity index is 1.82. The average Bonchev–Trinajstić information content (AvgIpc) is 2.34. The van der Waals surface area contributed by atoms with Crippen molar-refractivity contribution in [1.29, 1.82) is 0 Å². The molecule has 0 saturated carbocycles. The van der Waals surface area contributed by atoms with E-state index in [-0.39, 0.29) is 12.5 Å². The van der Waals surface area contributed by atoms with Crippen LogP contribution in [0.15, 0.2) is 27.1 Å². The Labute approximate surface area is 135 Å². The number of ether oxygens (including phenoxy) is 1. The Morgan fingerprint density at radius 1 is 1.45 bits per heavy atom. The van der Waals surface area contributed by atoms with Crippen molar-refractivity contribution in [3.8, 4) is 5.75 Å². The third-order valence-electron chi connectivity index (χ3n) is 3.28. The Kier molecular flexibility index (Phi) is 5.09. The zero-order valence-electron chi connectivity index (χ0n) is 11.2. The fourth-order valence-electron chi connectivity index (χ4n) is 2.29. The molecule has 4 nitrogen and oxygen atoms in total. The lowest BCUT2D eigenvalue weighted by Crippen LogP contribution is -2.64. The van der Waals surface area contributed by atoms with Crippen molar-refractivity contribution in [1.82, 2.24) is 4.90 Å². The second-order valence-electron chi connectivity index (χ2n) is 5.09. The van der Waals surface area contributed by atoms with Gasteiger partial charge in [-0.1, -0.05) is 29.3 Å². The third-order valence-corrected chi connectivity index (χ3v) is 4.40. The normalized spacial score (nSPS) is 16.7. The minimum absolute atomic E-state index is 0.0115. The maximum Gasteiger partial charge on any atom is 0.260 e. The van der Waals surface area contributed by atoms with Crippen molar-refractivity contribution in [2.24, 2.45) is 0 Å². The molecule has 1 aliphatic heterocycles. The Morgan fingerprint density at radius 3 is 2.75 bits per heavy atom. The van der Waals surface area contributed by atoms with E-state index in [1.165, 1.54) is 0 Å². The number of carbonyl (C=O) groups is 1. The van der Waals surface area contributed by atoms with Crippen molar-refractivity contribution in [2.75, 3.05) is 19.7 Å². The molecule has 0 unspecified atom stereocenters. The number of likely N-dealkylation sites (tertiary alicyclic amines) is 1. The summed E-state index contributed by atoms with van der Waals surface area (Å²) in [4.78, 5) is 13.6. The molecular weight excluding hydrogens is 390 g/mol. The molecule has 1 aromatic rings. The molecule has 0 atom stereocenters. The quantitative estimate of drug-likeness (QED) is 0.817. The molecule has 0 bridgehead atoms. The van der Waals surface area contributed by atoms with Gasteiger partial charge in [-0.05, 0) is 40.5 Å². The van der Waals surface area contributed by atoms with Gasteiger partial charge in [0.05, 0.1) is 23.2 Å². The number of aliphatic hydroxyl groups is 1. The number of hydrogen-bond acceptors (Lipinski definition) is 3. The summed E-state index contributed by atoms with van der Waals surface area (Å²) >= 11 is 6.74. The molecule has 0 radical (unpaired) electrons. The van der Waals surface area contributed by atoms with E-state index in [1.807, 2.05) is 19.1 Å². The maximum absolute atomic E-state index is 11.9. The van der Waals surface area contributed by atoms with E-state index in [9.17, 15) is 9.90 Å². The van der Waals surface area contributed by atoms with Crippen LogP contribution in [-0.4, -0.2) is 41.2 Å². The summed E-state index contributed by atoms with van der Waals surface area (Å²) in [6, 6.07) is 5.52. The van der Waals surface area contributed by atoms with Gasteiger partial charge in [-0.25, -0.2) is 0 Å². The first kappa shape index (κ1) is 15.8. The van der Waals surface area contributed by atoms with Crippen LogP contribution in [0.4, 0.5) is 0 Å². The van der Waals surface area contributed by atoms with Crippen molar-refractivity contribution >= 4 is 37.8 Å². The van der Waals surface area contributed by atoms with Crippen LogP contribution in [0.1, 0.15) is 19.8 Å². The van der Waals surface area contributed by atoms with Crippen molar-refractivity contribution in [3.05, 3.63) is 27.1 Å². The van der Waals surface area contributed by atoms with Gasteiger partial charge in [0.25, 0.3) is 5.91 Å². The van der Waals surface area contributed by atoms with Crippen LogP contribution >= 0.6 is 31.9 Å². The van der Waals surface area contributed by atoms with E-state index in [4.69, 9.17) is 4.74 Å². The lowest BCUT2D eigenvalue weighted by Gasteiger charge is -2.46. The molecule has 1 aromatic carbocycles. The highest BCUT2D eigenvalue weighted by molar-refractivity contribution is 9.11. The monoisotopic (exact) mass is 405 g/mol. The predicted molar refractivity (Wildman–Crippen MR) is 83.8 cm³/mol. The van der Waals surface area contributed by atoms with Gasteiger partial charge < -0.3 is 14.7 Å². The summed E-state index contributed by atoms with van der Waals surface area (Å²) in [5.74, 6) is 0.534. The van der Waals surface area contributed by atoms with Gasteiger partial charge in [0.2, 0.25) is 0 Å². The maximum atomic E-state index is 11.9. The van der Waals surface area contributed by atoms with Gasteiger partial charge in [0.15, 0.2) is 6.61 Å². The van der Waals surface area contributed by atoms with Crippen molar-refractivity contribution in [3.63, 3.8) is 0 Å². The molecule has 20 heavy (non-hydrogen) atoms. The standard InChI is InChI=1S/C14H17Br2NO3/c1-2-5-14(19)8-17(9-14)13(18)7-20-12-4-3-10(15)6-11(12)16/h3-4,6,19H,2,5,7-9H2,1H3. The summed E-state index contributed by atoms with van der Waals surface area (Å²) in [6.45, 7) is 2.83. The highest BCUT2D eigenvalue weighted by Gasteiger charge is 2.42. The Bertz CT molecular complexity index is 501. The largest absolute Gasteiger partial charge is 0.483 e. The lowest BCUT2D eigenvalue weighted by atomic mass is 9.89. The number of halogens is 2. The molecule has 0 aliphatic carbocycles. The van der Waals surface area contributed by atoms with Crippen molar-refractivity contribution < 1.29 is 14.6 Å². The lowest BCUT2D eigenvalue weighted by molar-refractivity contribution is -0.158. The van der Waals surface area contributed by atoms with E-state index < -0.39 is 5.60 Å². The van der Waals surface area contributed by atoms with E-state index in [0.29, 0.717) is 18.8 Å². The minimum Gasteiger partial charge on any atom is -0.483 e. The Hall–Kier alpha value is -0.590. The van der Waals surface area contributed by atoms with Crippen LogP contribution in [-0.2, 0) is 4.79 Å². The van der Waals surface area contributed by atoms with Gasteiger partial charge in [0.1, 0.15) is 5.75 Å². The summed E-state index contributed by atoms with van der Waals surface area (Å²) < 4.78 is 7.24. The number of β-amino-alcohol motifs (C(OH)–C–C–N with tert-alkyl or cyclic N) is 1. The molecule has 1 amide bonds. The van der Waals surface area contributed by atoms with E-state index in [2.05, 4.69) is 31.9 Å². The Morgan fingerprint density at radius 2 is 2.15 bits per heavy atom. The molecule has 110 valence electrons. The number of rotatable bonds is 5. The summed E-state index contributed by atoms with van der Waals surface area (Å²) in [5.41, 5.74) is -0.692. The van der Waals surface area contributed by atoms with Crippen LogP contribution in [0.2, 0.25) is 0 Å². The number of benzene rings is 1. The fraction of sp³-hybridized carbons (Fsp3) is 0.500.